The Labute approximate surface area is 137 Å². The van der Waals surface area contributed by atoms with Crippen molar-refractivity contribution in [3.63, 3.8) is 0 Å². The first-order chi connectivity index (χ1) is 11.0. The van der Waals surface area contributed by atoms with Crippen LogP contribution < -0.4 is 10.6 Å². The molecule has 0 aliphatic carbocycles. The van der Waals surface area contributed by atoms with Gasteiger partial charge in [0.15, 0.2) is 5.96 Å². The zero-order valence-electron chi connectivity index (χ0n) is 12.3. The molecule has 3 nitrogen and oxygen atoms in total. The van der Waals surface area contributed by atoms with E-state index in [4.69, 9.17) is 11.6 Å². The molecule has 23 heavy (non-hydrogen) atoms. The van der Waals surface area contributed by atoms with E-state index in [1.165, 1.54) is 12.1 Å². The van der Waals surface area contributed by atoms with Gasteiger partial charge in [0.25, 0.3) is 0 Å². The molecule has 0 atom stereocenters. The number of hydrogen-bond donors (Lipinski definition) is 2. The number of nitrogens with one attached hydrogen (secondary N) is 2. The van der Waals surface area contributed by atoms with Crippen molar-refractivity contribution in [2.45, 2.75) is 13.1 Å². The lowest BCUT2D eigenvalue weighted by Crippen LogP contribution is -2.36. The molecule has 0 bridgehead atoms. The van der Waals surface area contributed by atoms with E-state index < -0.39 is 17.5 Å². The lowest BCUT2D eigenvalue weighted by Gasteiger charge is -2.12. The van der Waals surface area contributed by atoms with Crippen LogP contribution in [0.4, 0.5) is 13.2 Å². The Balaban J connectivity index is 1.93. The summed E-state index contributed by atoms with van der Waals surface area (Å²) in [6.07, 6.45) is 0. The van der Waals surface area contributed by atoms with Gasteiger partial charge in [-0.15, -0.1) is 0 Å². The number of guanidine groups is 1. The van der Waals surface area contributed by atoms with E-state index in [1.54, 1.807) is 13.1 Å². The van der Waals surface area contributed by atoms with E-state index in [0.29, 0.717) is 12.5 Å². The fourth-order valence-corrected chi connectivity index (χ4v) is 2.12. The van der Waals surface area contributed by atoms with E-state index in [9.17, 15) is 13.2 Å². The van der Waals surface area contributed by atoms with E-state index in [2.05, 4.69) is 15.6 Å². The van der Waals surface area contributed by atoms with Gasteiger partial charge in [0.05, 0.1) is 5.02 Å². The van der Waals surface area contributed by atoms with Gasteiger partial charge in [0, 0.05) is 25.7 Å². The second kappa shape index (κ2) is 7.87. The molecule has 2 rings (SSSR count). The van der Waals surface area contributed by atoms with Gasteiger partial charge in [-0.1, -0.05) is 17.7 Å². The third kappa shape index (κ3) is 4.89. The highest BCUT2D eigenvalue weighted by Gasteiger charge is 2.06. The molecule has 7 heteroatoms. The number of hydrogen-bond acceptors (Lipinski definition) is 1. The second-order valence-electron chi connectivity index (χ2n) is 4.76. The van der Waals surface area contributed by atoms with Gasteiger partial charge in [0.1, 0.15) is 17.5 Å². The first-order valence-corrected chi connectivity index (χ1v) is 7.19. The summed E-state index contributed by atoms with van der Waals surface area (Å²) in [6, 6.07) is 7.62. The van der Waals surface area contributed by atoms with Crippen LogP contribution in [0.2, 0.25) is 5.02 Å². The van der Waals surface area contributed by atoms with Gasteiger partial charge < -0.3 is 10.6 Å². The molecule has 0 fully saturated rings. The minimum atomic E-state index is -0.507. The summed E-state index contributed by atoms with van der Waals surface area (Å²) in [5.41, 5.74) is 0.953. The van der Waals surface area contributed by atoms with E-state index in [-0.39, 0.29) is 17.1 Å². The molecular formula is C16H15ClF3N3. The maximum atomic E-state index is 13.5. The normalized spacial score (nSPS) is 11.4. The molecule has 122 valence electrons. The van der Waals surface area contributed by atoms with Crippen LogP contribution in [0, 0.1) is 17.5 Å². The zero-order valence-corrected chi connectivity index (χ0v) is 13.1. The number of nitrogens with zero attached hydrogens (tertiary/aromatic N) is 1. The largest absolute Gasteiger partial charge is 0.352 e. The Hall–Kier alpha value is -2.21. The quantitative estimate of drug-likeness (QED) is 0.658. The Morgan fingerprint density at radius 3 is 2.39 bits per heavy atom. The van der Waals surface area contributed by atoms with Crippen LogP contribution in [0.5, 0.6) is 0 Å². The third-order valence-electron chi connectivity index (χ3n) is 3.12. The van der Waals surface area contributed by atoms with Gasteiger partial charge in [-0.25, -0.2) is 13.2 Å². The number of benzene rings is 2. The van der Waals surface area contributed by atoms with E-state index >= 15 is 0 Å². The van der Waals surface area contributed by atoms with Crippen molar-refractivity contribution in [3.8, 4) is 0 Å². The van der Waals surface area contributed by atoms with Crippen LogP contribution in [0.3, 0.4) is 0 Å². The van der Waals surface area contributed by atoms with Crippen molar-refractivity contribution in [1.82, 2.24) is 10.6 Å². The highest BCUT2D eigenvalue weighted by Crippen LogP contribution is 2.15. The number of halogens is 4. The van der Waals surface area contributed by atoms with Crippen LogP contribution in [-0.2, 0) is 13.1 Å². The maximum absolute atomic E-state index is 13.5. The van der Waals surface area contributed by atoms with Gasteiger partial charge in [0.2, 0.25) is 0 Å². The van der Waals surface area contributed by atoms with Crippen molar-refractivity contribution in [3.05, 3.63) is 70.0 Å². The Morgan fingerprint density at radius 1 is 1.00 bits per heavy atom. The summed E-state index contributed by atoms with van der Waals surface area (Å²) in [4.78, 5) is 3.98. The van der Waals surface area contributed by atoms with E-state index in [1.807, 2.05) is 0 Å². The molecule has 2 aromatic carbocycles. The highest BCUT2D eigenvalue weighted by atomic mass is 35.5. The molecule has 0 aliphatic rings. The molecule has 0 spiro atoms. The first-order valence-electron chi connectivity index (χ1n) is 6.82. The fraction of sp³-hybridized carbons (Fsp3) is 0.188. The molecule has 0 aromatic heterocycles. The fourth-order valence-electron chi connectivity index (χ4n) is 1.91. The molecule has 0 saturated carbocycles. The summed E-state index contributed by atoms with van der Waals surface area (Å²) in [7, 11) is 1.55. The summed E-state index contributed by atoms with van der Waals surface area (Å²) in [5.74, 6) is -1.10. The minimum absolute atomic E-state index is 0.0362. The summed E-state index contributed by atoms with van der Waals surface area (Å²) in [5, 5.41) is 5.89. The standard InChI is InChI=1S/C16H15ClF3N3/c1-21-16(22-8-10-2-4-15(20)13(17)6-10)23-9-11-7-12(18)3-5-14(11)19/h2-7H,8-9H2,1H3,(H2,21,22,23). The average molecular weight is 342 g/mol. The molecule has 0 heterocycles. The molecule has 0 unspecified atom stereocenters. The third-order valence-corrected chi connectivity index (χ3v) is 3.41. The predicted octanol–water partition coefficient (Wildman–Crippen LogP) is 3.62. The van der Waals surface area contributed by atoms with Gasteiger partial charge in [-0.05, 0) is 35.9 Å². The Bertz CT molecular complexity index is 720. The van der Waals surface area contributed by atoms with Gasteiger partial charge in [-0.3, -0.25) is 4.99 Å². The van der Waals surface area contributed by atoms with Crippen LogP contribution in [0.15, 0.2) is 41.4 Å². The van der Waals surface area contributed by atoms with Crippen LogP contribution in [0.1, 0.15) is 11.1 Å². The predicted molar refractivity (Wildman–Crippen MR) is 84.8 cm³/mol. The summed E-state index contributed by atoms with van der Waals surface area (Å²) >= 11 is 5.71. The molecule has 2 aromatic rings. The molecule has 0 aliphatic heterocycles. The second-order valence-corrected chi connectivity index (χ2v) is 5.17. The monoisotopic (exact) mass is 341 g/mol. The molecular weight excluding hydrogens is 327 g/mol. The lowest BCUT2D eigenvalue weighted by molar-refractivity contribution is 0.581. The molecule has 0 radical (unpaired) electrons. The van der Waals surface area contributed by atoms with Crippen LogP contribution in [0.25, 0.3) is 0 Å². The first kappa shape index (κ1) is 17.1. The number of rotatable bonds is 4. The van der Waals surface area contributed by atoms with Crippen molar-refractivity contribution in [2.24, 2.45) is 4.99 Å². The summed E-state index contributed by atoms with van der Waals surface area (Å²) in [6.45, 7) is 0.429. The van der Waals surface area contributed by atoms with Crippen molar-refractivity contribution < 1.29 is 13.2 Å². The van der Waals surface area contributed by atoms with E-state index in [0.717, 1.165) is 23.8 Å². The van der Waals surface area contributed by atoms with Crippen molar-refractivity contribution in [1.29, 1.82) is 0 Å². The van der Waals surface area contributed by atoms with Gasteiger partial charge >= 0.3 is 0 Å². The molecule has 0 amide bonds. The topological polar surface area (TPSA) is 36.4 Å². The SMILES string of the molecule is CN=C(NCc1ccc(F)c(Cl)c1)NCc1cc(F)ccc1F. The zero-order chi connectivity index (χ0) is 16.8. The lowest BCUT2D eigenvalue weighted by atomic mass is 10.2. The maximum Gasteiger partial charge on any atom is 0.191 e. The smallest absolute Gasteiger partial charge is 0.191 e. The van der Waals surface area contributed by atoms with Gasteiger partial charge in [-0.2, -0.15) is 0 Å². The Morgan fingerprint density at radius 2 is 1.70 bits per heavy atom. The minimum Gasteiger partial charge on any atom is -0.352 e. The average Bonchev–Trinajstić information content (AvgIpc) is 2.54. The Kier molecular flexibility index (Phi) is 5.87. The van der Waals surface area contributed by atoms with Crippen molar-refractivity contribution in [2.75, 3.05) is 7.05 Å². The molecule has 0 saturated heterocycles. The number of aliphatic imine (C=N–C) groups is 1. The summed E-state index contributed by atoms with van der Waals surface area (Å²) < 4.78 is 39.7. The molecule has 2 N–H and O–H groups in total. The van der Waals surface area contributed by atoms with Crippen LogP contribution in [-0.4, -0.2) is 13.0 Å². The van der Waals surface area contributed by atoms with Crippen LogP contribution >= 0.6 is 11.6 Å². The highest BCUT2D eigenvalue weighted by molar-refractivity contribution is 6.30. The van der Waals surface area contributed by atoms with Crippen molar-refractivity contribution >= 4 is 17.6 Å².